The van der Waals surface area contributed by atoms with Crippen molar-refractivity contribution in [3.05, 3.63) is 41.1 Å². The predicted molar refractivity (Wildman–Crippen MR) is 107 cm³/mol. The van der Waals surface area contributed by atoms with Crippen molar-refractivity contribution < 1.29 is 17.9 Å². The molecule has 0 bridgehead atoms. The summed E-state index contributed by atoms with van der Waals surface area (Å²) in [4.78, 5) is 12.4. The summed E-state index contributed by atoms with van der Waals surface area (Å²) in [6, 6.07) is 7.59. The minimum atomic E-state index is -3.04. The van der Waals surface area contributed by atoms with Gasteiger partial charge in [0.25, 0.3) is 0 Å². The number of aryl methyl sites for hydroxylation is 1. The minimum Gasteiger partial charge on any atom is -0.491 e. The van der Waals surface area contributed by atoms with Gasteiger partial charge in [0, 0.05) is 17.9 Å². The van der Waals surface area contributed by atoms with E-state index in [4.69, 9.17) is 4.74 Å². The van der Waals surface area contributed by atoms with Gasteiger partial charge in [0.05, 0.1) is 29.3 Å². The van der Waals surface area contributed by atoms with E-state index in [1.165, 1.54) is 0 Å². The summed E-state index contributed by atoms with van der Waals surface area (Å²) in [5, 5.41) is 7.55. The van der Waals surface area contributed by atoms with Gasteiger partial charge < -0.3 is 10.1 Å². The highest BCUT2D eigenvalue weighted by Crippen LogP contribution is 2.41. The van der Waals surface area contributed by atoms with Crippen molar-refractivity contribution in [2.75, 3.05) is 16.8 Å². The summed E-state index contributed by atoms with van der Waals surface area (Å²) in [6.07, 6.45) is 0.964. The van der Waals surface area contributed by atoms with Crippen molar-refractivity contribution in [3.8, 4) is 5.75 Å². The van der Waals surface area contributed by atoms with Crippen LogP contribution in [0.3, 0.4) is 0 Å². The number of fused-ring (bicyclic) bond motifs is 1. The number of ether oxygens (including phenoxy) is 1. The number of sulfone groups is 1. The standard InChI is InChI=1S/C20H25N3O4S/c1-12(2)27-16-6-4-14(5-7-16)17-10-18(24)21-20-19(17)13(3)22-23(20)15-8-9-28(25,26)11-15/h4-7,12,15,17H,8-11H2,1-3H3,(H,21,24)/t15-,17+/m0/s1. The Labute approximate surface area is 165 Å². The van der Waals surface area contributed by atoms with Gasteiger partial charge in [-0.05, 0) is 44.9 Å². The van der Waals surface area contributed by atoms with Crippen LogP contribution in [0, 0.1) is 6.92 Å². The molecule has 2 atom stereocenters. The number of anilines is 1. The summed E-state index contributed by atoms with van der Waals surface area (Å²) in [5.74, 6) is 1.49. The van der Waals surface area contributed by atoms with Gasteiger partial charge >= 0.3 is 0 Å². The predicted octanol–water partition coefficient (Wildman–Crippen LogP) is 2.81. The number of hydrogen-bond donors (Lipinski definition) is 1. The number of hydrogen-bond acceptors (Lipinski definition) is 5. The van der Waals surface area contributed by atoms with E-state index in [0.29, 0.717) is 18.7 Å². The number of aromatic nitrogens is 2. The average Bonchev–Trinajstić information content (AvgIpc) is 3.14. The van der Waals surface area contributed by atoms with Crippen LogP contribution in [0.5, 0.6) is 5.75 Å². The summed E-state index contributed by atoms with van der Waals surface area (Å²) in [6.45, 7) is 5.87. The second-order valence-electron chi connectivity index (χ2n) is 7.89. The molecule has 1 amide bonds. The van der Waals surface area contributed by atoms with E-state index in [-0.39, 0.29) is 35.5 Å². The fourth-order valence-electron chi connectivity index (χ4n) is 4.14. The lowest BCUT2D eigenvalue weighted by Crippen LogP contribution is -2.26. The molecule has 3 heterocycles. The zero-order valence-electron chi connectivity index (χ0n) is 16.3. The first-order valence-electron chi connectivity index (χ1n) is 9.59. The topological polar surface area (TPSA) is 90.3 Å². The van der Waals surface area contributed by atoms with Crippen molar-refractivity contribution in [2.24, 2.45) is 0 Å². The Bertz CT molecular complexity index is 1010. The van der Waals surface area contributed by atoms with Crippen LogP contribution in [-0.2, 0) is 14.6 Å². The molecule has 0 spiro atoms. The first kappa shape index (κ1) is 19.0. The molecule has 1 aromatic carbocycles. The number of benzene rings is 1. The molecule has 7 nitrogen and oxygen atoms in total. The highest BCUT2D eigenvalue weighted by Gasteiger charge is 2.37. The Morgan fingerprint density at radius 2 is 1.96 bits per heavy atom. The first-order valence-corrected chi connectivity index (χ1v) is 11.4. The van der Waals surface area contributed by atoms with Crippen molar-refractivity contribution in [3.63, 3.8) is 0 Å². The van der Waals surface area contributed by atoms with Crippen LogP contribution >= 0.6 is 0 Å². The molecule has 4 rings (SSSR count). The maximum atomic E-state index is 12.4. The van der Waals surface area contributed by atoms with E-state index in [1.54, 1.807) is 4.68 Å². The second-order valence-corrected chi connectivity index (χ2v) is 10.1. The Morgan fingerprint density at radius 3 is 2.57 bits per heavy atom. The number of amides is 1. The van der Waals surface area contributed by atoms with Gasteiger partial charge in [-0.15, -0.1) is 0 Å². The molecule has 0 saturated carbocycles. The molecule has 0 unspecified atom stereocenters. The van der Waals surface area contributed by atoms with Crippen molar-refractivity contribution in [1.82, 2.24) is 9.78 Å². The molecule has 0 radical (unpaired) electrons. The molecular formula is C20H25N3O4S. The van der Waals surface area contributed by atoms with Gasteiger partial charge in [0.2, 0.25) is 5.91 Å². The van der Waals surface area contributed by atoms with E-state index in [1.807, 2.05) is 45.0 Å². The highest BCUT2D eigenvalue weighted by molar-refractivity contribution is 7.91. The molecule has 28 heavy (non-hydrogen) atoms. The monoisotopic (exact) mass is 403 g/mol. The number of nitrogens with zero attached hydrogens (tertiary/aromatic N) is 2. The first-order chi connectivity index (χ1) is 13.2. The lowest BCUT2D eigenvalue weighted by Gasteiger charge is -2.25. The molecule has 1 saturated heterocycles. The highest BCUT2D eigenvalue weighted by atomic mass is 32.2. The van der Waals surface area contributed by atoms with Crippen LogP contribution < -0.4 is 10.1 Å². The summed E-state index contributed by atoms with van der Waals surface area (Å²) < 4.78 is 31.2. The normalized spacial score (nSPS) is 23.5. The maximum absolute atomic E-state index is 12.4. The molecule has 1 N–H and O–H groups in total. The fraction of sp³-hybridized carbons (Fsp3) is 0.500. The quantitative estimate of drug-likeness (QED) is 0.848. The molecule has 2 aliphatic rings. The van der Waals surface area contributed by atoms with E-state index >= 15 is 0 Å². The van der Waals surface area contributed by atoms with Gasteiger partial charge in [-0.1, -0.05) is 12.1 Å². The summed E-state index contributed by atoms with van der Waals surface area (Å²) >= 11 is 0. The Kier molecular flexibility index (Phi) is 4.69. The zero-order valence-corrected chi connectivity index (χ0v) is 17.1. The Hall–Kier alpha value is -2.35. The van der Waals surface area contributed by atoms with Gasteiger partial charge in [0.1, 0.15) is 11.6 Å². The van der Waals surface area contributed by atoms with E-state index < -0.39 is 9.84 Å². The Balaban J connectivity index is 1.70. The lowest BCUT2D eigenvalue weighted by atomic mass is 9.86. The van der Waals surface area contributed by atoms with Crippen molar-refractivity contribution >= 4 is 21.6 Å². The molecule has 150 valence electrons. The van der Waals surface area contributed by atoms with Crippen molar-refractivity contribution in [1.29, 1.82) is 0 Å². The third kappa shape index (κ3) is 3.53. The summed E-state index contributed by atoms with van der Waals surface area (Å²) in [7, 11) is -3.04. The fourth-order valence-corrected chi connectivity index (χ4v) is 5.83. The zero-order chi connectivity index (χ0) is 20.1. The van der Waals surface area contributed by atoms with Crippen LogP contribution in [0.15, 0.2) is 24.3 Å². The van der Waals surface area contributed by atoms with Gasteiger partial charge in [0.15, 0.2) is 9.84 Å². The van der Waals surface area contributed by atoms with Crippen LogP contribution in [-0.4, -0.2) is 41.7 Å². The molecular weight excluding hydrogens is 378 g/mol. The third-order valence-electron chi connectivity index (χ3n) is 5.34. The minimum absolute atomic E-state index is 0.0718. The van der Waals surface area contributed by atoms with E-state index in [0.717, 1.165) is 22.6 Å². The Morgan fingerprint density at radius 1 is 1.25 bits per heavy atom. The van der Waals surface area contributed by atoms with Crippen LogP contribution in [0.1, 0.15) is 55.5 Å². The number of nitrogens with one attached hydrogen (secondary N) is 1. The molecule has 2 aromatic rings. The molecule has 0 aliphatic carbocycles. The second kappa shape index (κ2) is 6.92. The van der Waals surface area contributed by atoms with Crippen LogP contribution in [0.25, 0.3) is 0 Å². The summed E-state index contributed by atoms with van der Waals surface area (Å²) in [5.41, 5.74) is 2.82. The number of carbonyl (C=O) groups excluding carboxylic acids is 1. The average molecular weight is 404 g/mol. The lowest BCUT2D eigenvalue weighted by molar-refractivity contribution is -0.116. The van der Waals surface area contributed by atoms with E-state index in [9.17, 15) is 13.2 Å². The SMILES string of the molecule is Cc1nn([C@H]2CCS(=O)(=O)C2)c2c1[C@@H](c1ccc(OC(C)C)cc1)CC(=O)N2. The molecule has 8 heteroatoms. The van der Waals surface area contributed by atoms with Crippen molar-refractivity contribution in [2.45, 2.75) is 51.7 Å². The largest absolute Gasteiger partial charge is 0.491 e. The van der Waals surface area contributed by atoms with Gasteiger partial charge in [-0.3, -0.25) is 4.79 Å². The molecule has 1 fully saturated rings. The molecule has 1 aromatic heterocycles. The number of rotatable bonds is 4. The van der Waals surface area contributed by atoms with Crippen LogP contribution in [0.2, 0.25) is 0 Å². The van der Waals surface area contributed by atoms with E-state index in [2.05, 4.69) is 10.4 Å². The van der Waals surface area contributed by atoms with Crippen LogP contribution in [0.4, 0.5) is 5.82 Å². The molecule has 2 aliphatic heterocycles. The smallest absolute Gasteiger partial charge is 0.226 e. The third-order valence-corrected chi connectivity index (χ3v) is 7.09. The number of carbonyl (C=O) groups is 1. The van der Waals surface area contributed by atoms with Gasteiger partial charge in [-0.2, -0.15) is 5.10 Å². The van der Waals surface area contributed by atoms with Gasteiger partial charge in [-0.25, -0.2) is 13.1 Å². The maximum Gasteiger partial charge on any atom is 0.226 e.